The molecule has 0 radical (unpaired) electrons. The summed E-state index contributed by atoms with van der Waals surface area (Å²) >= 11 is 0. The maximum Gasteiger partial charge on any atom is 0.410 e. The van der Waals surface area contributed by atoms with Crippen molar-refractivity contribution in [3.8, 4) is 5.75 Å². The number of aliphatic hydroxyl groups excluding tert-OH is 1. The summed E-state index contributed by atoms with van der Waals surface area (Å²) in [7, 11) is 1.64. The van der Waals surface area contributed by atoms with Crippen LogP contribution in [0, 0.1) is 5.92 Å². The SMILES string of the molecule is COc1ccc(C2CCN(C(=O)OC(C)(C)C)C[C@H]2CO)cc1. The Morgan fingerprint density at radius 1 is 1.30 bits per heavy atom. The lowest BCUT2D eigenvalue weighted by Crippen LogP contribution is -2.46. The van der Waals surface area contributed by atoms with Crippen molar-refractivity contribution in [3.05, 3.63) is 29.8 Å². The van der Waals surface area contributed by atoms with E-state index >= 15 is 0 Å². The molecule has 1 saturated heterocycles. The van der Waals surface area contributed by atoms with Crippen LogP contribution in [0.25, 0.3) is 0 Å². The molecule has 1 N–H and O–H groups in total. The predicted octanol–water partition coefficient (Wildman–Crippen LogP) is 3.03. The zero-order valence-electron chi connectivity index (χ0n) is 14.4. The number of carbonyl (C=O) groups is 1. The molecule has 2 rings (SSSR count). The lowest BCUT2D eigenvalue weighted by molar-refractivity contribution is 0.0102. The average molecular weight is 321 g/mol. The summed E-state index contributed by atoms with van der Waals surface area (Å²) in [5.41, 5.74) is 0.673. The molecule has 1 heterocycles. The van der Waals surface area contributed by atoms with E-state index in [-0.39, 0.29) is 24.5 Å². The largest absolute Gasteiger partial charge is 0.497 e. The number of nitrogens with zero attached hydrogens (tertiary/aromatic N) is 1. The highest BCUT2D eigenvalue weighted by atomic mass is 16.6. The number of rotatable bonds is 3. The minimum Gasteiger partial charge on any atom is -0.497 e. The minimum atomic E-state index is -0.501. The van der Waals surface area contributed by atoms with Crippen LogP contribution in [0.4, 0.5) is 4.79 Å². The van der Waals surface area contributed by atoms with Gasteiger partial charge in [-0.15, -0.1) is 0 Å². The van der Waals surface area contributed by atoms with Crippen molar-refractivity contribution in [1.82, 2.24) is 4.90 Å². The fraction of sp³-hybridized carbons (Fsp3) is 0.611. The topological polar surface area (TPSA) is 59.0 Å². The molecule has 5 nitrogen and oxygen atoms in total. The molecule has 0 saturated carbocycles. The maximum absolute atomic E-state index is 12.2. The third-order valence-electron chi connectivity index (χ3n) is 4.16. The summed E-state index contributed by atoms with van der Waals surface area (Å²) in [5.74, 6) is 1.08. The van der Waals surface area contributed by atoms with Gasteiger partial charge in [-0.05, 0) is 50.8 Å². The molecule has 5 heteroatoms. The van der Waals surface area contributed by atoms with Crippen LogP contribution >= 0.6 is 0 Å². The van der Waals surface area contributed by atoms with Gasteiger partial charge in [-0.25, -0.2) is 4.79 Å². The Hall–Kier alpha value is -1.75. The molecule has 1 amide bonds. The monoisotopic (exact) mass is 321 g/mol. The second-order valence-electron chi connectivity index (χ2n) is 7.04. The molecule has 23 heavy (non-hydrogen) atoms. The van der Waals surface area contributed by atoms with Crippen molar-refractivity contribution in [2.45, 2.75) is 38.7 Å². The van der Waals surface area contributed by atoms with Crippen LogP contribution < -0.4 is 4.74 Å². The first-order valence-electron chi connectivity index (χ1n) is 8.07. The van der Waals surface area contributed by atoms with E-state index in [0.717, 1.165) is 12.2 Å². The summed E-state index contributed by atoms with van der Waals surface area (Å²) in [5, 5.41) is 9.75. The molecule has 1 unspecified atom stereocenters. The molecule has 1 aromatic carbocycles. The van der Waals surface area contributed by atoms with Gasteiger partial charge in [0.1, 0.15) is 11.4 Å². The van der Waals surface area contributed by atoms with Gasteiger partial charge < -0.3 is 19.5 Å². The van der Waals surface area contributed by atoms with Gasteiger partial charge in [-0.2, -0.15) is 0 Å². The van der Waals surface area contributed by atoms with Gasteiger partial charge in [0.25, 0.3) is 0 Å². The van der Waals surface area contributed by atoms with Crippen molar-refractivity contribution in [1.29, 1.82) is 0 Å². The van der Waals surface area contributed by atoms with E-state index in [2.05, 4.69) is 0 Å². The number of carbonyl (C=O) groups excluding carboxylic acids is 1. The summed E-state index contributed by atoms with van der Waals surface area (Å²) in [6.07, 6.45) is 0.515. The molecule has 1 aromatic rings. The van der Waals surface area contributed by atoms with Crippen LogP contribution in [0.5, 0.6) is 5.75 Å². The number of benzene rings is 1. The smallest absolute Gasteiger partial charge is 0.410 e. The third kappa shape index (κ3) is 4.61. The molecular weight excluding hydrogens is 294 g/mol. The standard InChI is InChI=1S/C18H27NO4/c1-18(2,3)23-17(21)19-10-9-16(14(11-19)12-20)13-5-7-15(22-4)8-6-13/h5-8,14,16,20H,9-12H2,1-4H3/t14-,16?/m0/s1. The van der Waals surface area contributed by atoms with E-state index in [1.807, 2.05) is 45.0 Å². The molecule has 0 aromatic heterocycles. The van der Waals surface area contributed by atoms with Crippen LogP contribution in [0.1, 0.15) is 38.7 Å². The van der Waals surface area contributed by atoms with Gasteiger partial charge in [-0.3, -0.25) is 0 Å². The van der Waals surface area contributed by atoms with Crippen molar-refractivity contribution >= 4 is 6.09 Å². The molecule has 0 bridgehead atoms. The van der Waals surface area contributed by atoms with Gasteiger partial charge in [-0.1, -0.05) is 12.1 Å². The first-order valence-corrected chi connectivity index (χ1v) is 8.07. The number of aliphatic hydroxyl groups is 1. The number of methoxy groups -OCH3 is 1. The second kappa shape index (κ2) is 7.21. The molecule has 0 spiro atoms. The van der Waals surface area contributed by atoms with Gasteiger partial charge in [0, 0.05) is 25.6 Å². The number of ether oxygens (including phenoxy) is 2. The molecular formula is C18H27NO4. The van der Waals surface area contributed by atoms with E-state index in [1.165, 1.54) is 5.56 Å². The Kier molecular flexibility index (Phi) is 5.52. The predicted molar refractivity (Wildman–Crippen MR) is 88.7 cm³/mol. The van der Waals surface area contributed by atoms with Gasteiger partial charge >= 0.3 is 6.09 Å². The average Bonchev–Trinajstić information content (AvgIpc) is 2.52. The van der Waals surface area contributed by atoms with Crippen molar-refractivity contribution in [2.24, 2.45) is 5.92 Å². The van der Waals surface area contributed by atoms with Crippen LogP contribution in [0.3, 0.4) is 0 Å². The van der Waals surface area contributed by atoms with Crippen molar-refractivity contribution < 1.29 is 19.4 Å². The summed E-state index contributed by atoms with van der Waals surface area (Å²) < 4.78 is 10.6. The Balaban J connectivity index is 2.05. The third-order valence-corrected chi connectivity index (χ3v) is 4.16. The lowest BCUT2D eigenvalue weighted by atomic mass is 9.81. The maximum atomic E-state index is 12.2. The van der Waals surface area contributed by atoms with Crippen molar-refractivity contribution in [3.63, 3.8) is 0 Å². The zero-order chi connectivity index (χ0) is 17.0. The quantitative estimate of drug-likeness (QED) is 0.929. The van der Waals surface area contributed by atoms with Crippen LogP contribution in [-0.2, 0) is 4.74 Å². The second-order valence-corrected chi connectivity index (χ2v) is 7.04. The summed E-state index contributed by atoms with van der Waals surface area (Å²) in [4.78, 5) is 13.9. The highest BCUT2D eigenvalue weighted by Gasteiger charge is 2.33. The Morgan fingerprint density at radius 3 is 2.48 bits per heavy atom. The fourth-order valence-corrected chi connectivity index (χ4v) is 3.00. The lowest BCUT2D eigenvalue weighted by Gasteiger charge is -2.38. The number of amides is 1. The molecule has 0 aliphatic carbocycles. The molecule has 1 aliphatic heterocycles. The highest BCUT2D eigenvalue weighted by molar-refractivity contribution is 5.68. The van der Waals surface area contributed by atoms with Gasteiger partial charge in [0.15, 0.2) is 0 Å². The summed E-state index contributed by atoms with van der Waals surface area (Å²) in [6, 6.07) is 7.94. The number of hydrogen-bond donors (Lipinski definition) is 1. The first kappa shape index (κ1) is 17.6. The summed E-state index contributed by atoms with van der Waals surface area (Å²) in [6.45, 7) is 6.79. The molecule has 2 atom stereocenters. The molecule has 1 aliphatic rings. The number of likely N-dealkylation sites (tertiary alicyclic amines) is 1. The van der Waals surface area contributed by atoms with Crippen molar-refractivity contribution in [2.75, 3.05) is 26.8 Å². The van der Waals surface area contributed by atoms with Crippen LogP contribution in [0.2, 0.25) is 0 Å². The normalized spacial score (nSPS) is 21.9. The number of hydrogen-bond acceptors (Lipinski definition) is 4. The fourth-order valence-electron chi connectivity index (χ4n) is 3.00. The van der Waals surface area contributed by atoms with E-state index in [1.54, 1.807) is 12.0 Å². The van der Waals surface area contributed by atoms with E-state index in [9.17, 15) is 9.90 Å². The van der Waals surface area contributed by atoms with E-state index in [4.69, 9.17) is 9.47 Å². The number of piperidine rings is 1. The zero-order valence-corrected chi connectivity index (χ0v) is 14.4. The van der Waals surface area contributed by atoms with E-state index < -0.39 is 5.60 Å². The van der Waals surface area contributed by atoms with E-state index in [0.29, 0.717) is 13.1 Å². The van der Waals surface area contributed by atoms with Crippen LogP contribution in [0.15, 0.2) is 24.3 Å². The highest BCUT2D eigenvalue weighted by Crippen LogP contribution is 2.34. The van der Waals surface area contributed by atoms with Gasteiger partial charge in [0.05, 0.1) is 7.11 Å². The van der Waals surface area contributed by atoms with Gasteiger partial charge in [0.2, 0.25) is 0 Å². The Morgan fingerprint density at radius 2 is 1.96 bits per heavy atom. The molecule has 1 fully saturated rings. The molecule has 128 valence electrons. The first-order chi connectivity index (χ1) is 10.8. The minimum absolute atomic E-state index is 0.0182. The Bertz CT molecular complexity index is 521. The van der Waals surface area contributed by atoms with Crippen LogP contribution in [-0.4, -0.2) is 48.5 Å². The Labute approximate surface area is 138 Å².